The molecule has 0 aromatic heterocycles. The molecule has 2 fully saturated rings. The molecule has 0 spiro atoms. The van der Waals surface area contributed by atoms with Crippen LogP contribution in [0.4, 0.5) is 0 Å². The summed E-state index contributed by atoms with van der Waals surface area (Å²) in [6, 6.07) is 10.8. The van der Waals surface area contributed by atoms with Crippen molar-refractivity contribution in [3.8, 4) is 0 Å². The highest BCUT2D eigenvalue weighted by molar-refractivity contribution is 5.78. The Morgan fingerprint density at radius 2 is 1.57 bits per heavy atom. The second kappa shape index (κ2) is 7.96. The maximum Gasteiger partial charge on any atom is 0.222 e. The largest absolute Gasteiger partial charge is 0.369 e. The van der Waals surface area contributed by atoms with Crippen LogP contribution in [0, 0.1) is 11.8 Å². The first kappa shape index (κ1) is 16.5. The lowest BCUT2D eigenvalue weighted by atomic mass is 9.73. The Bertz CT molecular complexity index is 490. The van der Waals surface area contributed by atoms with Crippen molar-refractivity contribution >= 4 is 5.91 Å². The molecule has 1 aliphatic carbocycles. The average Bonchev–Trinajstić information content (AvgIpc) is 2.61. The summed E-state index contributed by atoms with van der Waals surface area (Å²) in [5, 5.41) is 0. The van der Waals surface area contributed by atoms with Crippen molar-refractivity contribution in [2.75, 3.05) is 13.1 Å². The van der Waals surface area contributed by atoms with E-state index in [1.807, 2.05) is 0 Å². The number of primary amides is 1. The van der Waals surface area contributed by atoms with Crippen molar-refractivity contribution in [2.24, 2.45) is 17.6 Å². The summed E-state index contributed by atoms with van der Waals surface area (Å²) in [6.07, 6.45) is 9.89. The third-order valence-electron chi connectivity index (χ3n) is 5.75. The van der Waals surface area contributed by atoms with Gasteiger partial charge in [0.1, 0.15) is 0 Å². The normalized spacial score (nSPS) is 23.3. The van der Waals surface area contributed by atoms with Crippen molar-refractivity contribution in [3.63, 3.8) is 0 Å². The molecule has 3 rings (SSSR count). The molecule has 1 saturated carbocycles. The SMILES string of the molecule is NC(=O)C(C1CCCCC1)C(c1ccccc1)N1CCCCC1. The van der Waals surface area contributed by atoms with Gasteiger partial charge in [-0.05, 0) is 50.3 Å². The summed E-state index contributed by atoms with van der Waals surface area (Å²) in [5.74, 6) is 0.306. The molecule has 3 heteroatoms. The van der Waals surface area contributed by atoms with E-state index >= 15 is 0 Å². The molecule has 23 heavy (non-hydrogen) atoms. The monoisotopic (exact) mass is 314 g/mol. The van der Waals surface area contributed by atoms with Gasteiger partial charge in [-0.25, -0.2) is 0 Å². The molecule has 1 aromatic carbocycles. The minimum Gasteiger partial charge on any atom is -0.369 e. The number of nitrogens with two attached hydrogens (primary N) is 1. The van der Waals surface area contributed by atoms with Gasteiger partial charge in [0.25, 0.3) is 0 Å². The number of piperidine rings is 1. The van der Waals surface area contributed by atoms with Gasteiger partial charge in [0.2, 0.25) is 5.91 Å². The Hall–Kier alpha value is -1.35. The van der Waals surface area contributed by atoms with Gasteiger partial charge in [-0.15, -0.1) is 0 Å². The zero-order valence-electron chi connectivity index (χ0n) is 14.1. The highest BCUT2D eigenvalue weighted by Crippen LogP contribution is 2.40. The smallest absolute Gasteiger partial charge is 0.222 e. The number of rotatable bonds is 5. The number of likely N-dealkylation sites (tertiary alicyclic amines) is 1. The number of hydrogen-bond acceptors (Lipinski definition) is 2. The standard InChI is InChI=1S/C20H30N2O/c21-20(23)18(16-10-4-1-5-11-16)19(17-12-6-2-7-13-17)22-14-8-3-9-15-22/h2,6-7,12-13,16,18-19H,1,3-5,8-11,14-15H2,(H2,21,23). The molecule has 1 heterocycles. The zero-order chi connectivity index (χ0) is 16.1. The minimum atomic E-state index is -0.101. The summed E-state index contributed by atoms with van der Waals surface area (Å²) in [7, 11) is 0. The molecular weight excluding hydrogens is 284 g/mol. The highest BCUT2D eigenvalue weighted by atomic mass is 16.1. The van der Waals surface area contributed by atoms with Crippen LogP contribution < -0.4 is 5.73 Å². The third-order valence-corrected chi connectivity index (χ3v) is 5.75. The Morgan fingerprint density at radius 1 is 0.957 bits per heavy atom. The van der Waals surface area contributed by atoms with Gasteiger partial charge in [-0.1, -0.05) is 56.0 Å². The van der Waals surface area contributed by atoms with Crippen molar-refractivity contribution in [2.45, 2.75) is 57.4 Å². The molecular formula is C20H30N2O. The van der Waals surface area contributed by atoms with E-state index < -0.39 is 0 Å². The quantitative estimate of drug-likeness (QED) is 0.896. The number of nitrogens with zero attached hydrogens (tertiary/aromatic N) is 1. The Morgan fingerprint density at radius 3 is 2.17 bits per heavy atom. The first-order chi connectivity index (χ1) is 11.3. The van der Waals surface area contributed by atoms with Crippen LogP contribution in [0.2, 0.25) is 0 Å². The van der Waals surface area contributed by atoms with Crippen LogP contribution in [-0.4, -0.2) is 23.9 Å². The predicted octanol–water partition coefficient (Wildman–Crippen LogP) is 3.90. The fourth-order valence-electron chi connectivity index (χ4n) is 4.63. The van der Waals surface area contributed by atoms with Crippen LogP contribution in [0.5, 0.6) is 0 Å². The zero-order valence-corrected chi connectivity index (χ0v) is 14.1. The number of hydrogen-bond donors (Lipinski definition) is 1. The fourth-order valence-corrected chi connectivity index (χ4v) is 4.63. The van der Waals surface area contributed by atoms with Gasteiger partial charge in [0.05, 0.1) is 5.92 Å². The number of carbonyl (C=O) groups is 1. The lowest BCUT2D eigenvalue weighted by Crippen LogP contribution is -2.45. The molecule has 0 radical (unpaired) electrons. The summed E-state index contributed by atoms with van der Waals surface area (Å²) in [6.45, 7) is 2.19. The summed E-state index contributed by atoms with van der Waals surface area (Å²) in [5.41, 5.74) is 7.21. The molecule has 2 N–H and O–H groups in total. The van der Waals surface area contributed by atoms with Gasteiger partial charge in [0, 0.05) is 6.04 Å². The maximum atomic E-state index is 12.5. The predicted molar refractivity (Wildman–Crippen MR) is 93.9 cm³/mol. The first-order valence-corrected chi connectivity index (χ1v) is 9.35. The van der Waals surface area contributed by atoms with E-state index in [0.29, 0.717) is 5.92 Å². The van der Waals surface area contributed by atoms with Crippen LogP contribution in [-0.2, 0) is 4.79 Å². The molecule has 2 aliphatic rings. The lowest BCUT2D eigenvalue weighted by Gasteiger charge is -2.42. The molecule has 0 bridgehead atoms. The Balaban J connectivity index is 1.91. The highest BCUT2D eigenvalue weighted by Gasteiger charge is 2.38. The van der Waals surface area contributed by atoms with E-state index in [4.69, 9.17) is 5.73 Å². The van der Waals surface area contributed by atoms with Gasteiger partial charge in [-0.3, -0.25) is 9.69 Å². The first-order valence-electron chi connectivity index (χ1n) is 9.35. The Kier molecular flexibility index (Phi) is 5.71. The molecule has 1 aromatic rings. The van der Waals surface area contributed by atoms with E-state index in [2.05, 4.69) is 35.2 Å². The van der Waals surface area contributed by atoms with E-state index in [1.165, 1.54) is 44.1 Å². The van der Waals surface area contributed by atoms with Crippen LogP contribution in [0.15, 0.2) is 30.3 Å². The number of benzene rings is 1. The van der Waals surface area contributed by atoms with Crippen molar-refractivity contribution in [1.82, 2.24) is 4.90 Å². The van der Waals surface area contributed by atoms with Crippen LogP contribution >= 0.6 is 0 Å². The maximum absolute atomic E-state index is 12.5. The van der Waals surface area contributed by atoms with E-state index in [0.717, 1.165) is 25.9 Å². The molecule has 2 atom stereocenters. The lowest BCUT2D eigenvalue weighted by molar-refractivity contribution is -0.127. The van der Waals surface area contributed by atoms with E-state index in [-0.39, 0.29) is 17.9 Å². The summed E-state index contributed by atoms with van der Waals surface area (Å²) >= 11 is 0. The minimum absolute atomic E-state index is 0.0456. The van der Waals surface area contributed by atoms with Crippen LogP contribution in [0.1, 0.15) is 63.0 Å². The molecule has 1 aliphatic heterocycles. The summed E-state index contributed by atoms with van der Waals surface area (Å²) in [4.78, 5) is 15.0. The number of amides is 1. The second-order valence-corrected chi connectivity index (χ2v) is 7.28. The molecule has 1 amide bonds. The van der Waals surface area contributed by atoms with Gasteiger partial charge in [0.15, 0.2) is 0 Å². The fraction of sp³-hybridized carbons (Fsp3) is 0.650. The van der Waals surface area contributed by atoms with Gasteiger partial charge < -0.3 is 5.73 Å². The topological polar surface area (TPSA) is 46.3 Å². The second-order valence-electron chi connectivity index (χ2n) is 7.28. The van der Waals surface area contributed by atoms with Crippen molar-refractivity contribution in [3.05, 3.63) is 35.9 Å². The van der Waals surface area contributed by atoms with E-state index in [9.17, 15) is 4.79 Å². The van der Waals surface area contributed by atoms with Gasteiger partial charge in [-0.2, -0.15) is 0 Å². The van der Waals surface area contributed by atoms with Crippen LogP contribution in [0.3, 0.4) is 0 Å². The molecule has 3 nitrogen and oxygen atoms in total. The molecule has 126 valence electrons. The molecule has 1 saturated heterocycles. The average molecular weight is 314 g/mol. The van der Waals surface area contributed by atoms with Gasteiger partial charge >= 0.3 is 0 Å². The molecule has 2 unspecified atom stereocenters. The van der Waals surface area contributed by atoms with E-state index in [1.54, 1.807) is 0 Å². The Labute approximate surface area is 140 Å². The third kappa shape index (κ3) is 3.95. The van der Waals surface area contributed by atoms with Crippen molar-refractivity contribution in [1.29, 1.82) is 0 Å². The van der Waals surface area contributed by atoms with Crippen molar-refractivity contribution < 1.29 is 4.79 Å². The number of carbonyl (C=O) groups excluding carboxylic acids is 1. The van der Waals surface area contributed by atoms with Crippen LogP contribution in [0.25, 0.3) is 0 Å². The summed E-state index contributed by atoms with van der Waals surface area (Å²) < 4.78 is 0.